The predicted molar refractivity (Wildman–Crippen MR) is 77.9 cm³/mol. The fourth-order valence-corrected chi connectivity index (χ4v) is 2.97. The summed E-state index contributed by atoms with van der Waals surface area (Å²) < 4.78 is 1.84. The molecule has 0 amide bonds. The first-order valence-electron chi connectivity index (χ1n) is 6.33. The zero-order valence-corrected chi connectivity index (χ0v) is 11.5. The van der Waals surface area contributed by atoms with E-state index in [1.54, 1.807) is 0 Å². The van der Waals surface area contributed by atoms with E-state index in [0.717, 1.165) is 35.3 Å². The highest BCUT2D eigenvalue weighted by Crippen LogP contribution is 2.26. The second kappa shape index (κ2) is 4.97. The minimum atomic E-state index is 0.625. The lowest BCUT2D eigenvalue weighted by Gasteiger charge is -2.01. The molecule has 3 nitrogen and oxygen atoms in total. The molecule has 0 spiro atoms. The van der Waals surface area contributed by atoms with Crippen LogP contribution in [0.1, 0.15) is 29.4 Å². The molecule has 96 valence electrons. The van der Waals surface area contributed by atoms with Crippen molar-refractivity contribution in [3.63, 3.8) is 0 Å². The minimum Gasteiger partial charge on any atom is -0.296 e. The van der Waals surface area contributed by atoms with Gasteiger partial charge in [0, 0.05) is 17.1 Å². The van der Waals surface area contributed by atoms with Gasteiger partial charge in [-0.3, -0.25) is 9.20 Å². The number of fused-ring (bicyclic) bond motifs is 1. The molecule has 0 atom stereocenters. The van der Waals surface area contributed by atoms with Gasteiger partial charge in [0.15, 0.2) is 11.2 Å². The molecule has 0 saturated carbocycles. The molecule has 3 aromatic rings. The number of carbonyl (C=O) groups is 1. The maximum atomic E-state index is 11.3. The molecule has 0 unspecified atom stereocenters. The maximum Gasteiger partial charge on any atom is 0.194 e. The number of benzene rings is 1. The minimum absolute atomic E-state index is 0.625. The Kier molecular flexibility index (Phi) is 3.17. The van der Waals surface area contributed by atoms with Crippen LogP contribution in [-0.2, 0) is 6.42 Å². The van der Waals surface area contributed by atoms with Crippen molar-refractivity contribution in [3.8, 4) is 11.3 Å². The fraction of sp³-hybridized carbons (Fsp3) is 0.200. The van der Waals surface area contributed by atoms with E-state index in [1.807, 2.05) is 28.1 Å². The van der Waals surface area contributed by atoms with Crippen molar-refractivity contribution in [2.75, 3.05) is 0 Å². The molecule has 2 aromatic heterocycles. The van der Waals surface area contributed by atoms with Gasteiger partial charge in [-0.25, -0.2) is 4.98 Å². The molecule has 4 heteroatoms. The molecule has 0 aliphatic rings. The molecule has 0 radical (unpaired) electrons. The van der Waals surface area contributed by atoms with Crippen LogP contribution < -0.4 is 0 Å². The molecular weight excluding hydrogens is 256 g/mol. The molecule has 0 bridgehead atoms. The summed E-state index contributed by atoms with van der Waals surface area (Å²) in [5.41, 5.74) is 3.71. The summed E-state index contributed by atoms with van der Waals surface area (Å²) in [6.07, 6.45) is 4.98. The zero-order chi connectivity index (χ0) is 13.2. The number of aromatic nitrogens is 2. The van der Waals surface area contributed by atoms with Gasteiger partial charge in [-0.2, -0.15) is 0 Å². The summed E-state index contributed by atoms with van der Waals surface area (Å²) in [6.45, 7) is 2.17. The molecule has 0 aliphatic heterocycles. The number of aryl methyl sites for hydroxylation is 1. The van der Waals surface area contributed by atoms with E-state index >= 15 is 0 Å². The van der Waals surface area contributed by atoms with Gasteiger partial charge in [-0.15, -0.1) is 11.3 Å². The summed E-state index contributed by atoms with van der Waals surface area (Å²) >= 11 is 1.54. The van der Waals surface area contributed by atoms with Crippen molar-refractivity contribution >= 4 is 22.6 Å². The van der Waals surface area contributed by atoms with Crippen molar-refractivity contribution in [2.45, 2.75) is 19.8 Å². The first-order valence-corrected chi connectivity index (χ1v) is 7.21. The van der Waals surface area contributed by atoms with Gasteiger partial charge >= 0.3 is 0 Å². The smallest absolute Gasteiger partial charge is 0.194 e. The normalized spacial score (nSPS) is 11.0. The quantitative estimate of drug-likeness (QED) is 0.675. The third kappa shape index (κ3) is 2.08. The number of imidazole rings is 1. The van der Waals surface area contributed by atoms with E-state index in [1.165, 1.54) is 16.9 Å². The van der Waals surface area contributed by atoms with Crippen molar-refractivity contribution in [3.05, 3.63) is 47.1 Å². The molecule has 0 N–H and O–H groups in total. The number of carbonyl (C=O) groups excluding carboxylic acids is 1. The van der Waals surface area contributed by atoms with Crippen LogP contribution in [0.5, 0.6) is 0 Å². The van der Waals surface area contributed by atoms with E-state index in [-0.39, 0.29) is 0 Å². The molecule has 3 rings (SSSR count). The second-order valence-corrected chi connectivity index (χ2v) is 5.34. The van der Waals surface area contributed by atoms with E-state index < -0.39 is 0 Å². The average molecular weight is 270 g/mol. The van der Waals surface area contributed by atoms with E-state index in [9.17, 15) is 4.79 Å². The Bertz CT molecular complexity index is 709. The molecule has 1 aromatic carbocycles. The number of rotatable bonds is 4. The fourth-order valence-electron chi connectivity index (χ4n) is 2.25. The molecular formula is C15H14N2OS. The van der Waals surface area contributed by atoms with Crippen LogP contribution in [0.25, 0.3) is 16.2 Å². The van der Waals surface area contributed by atoms with Crippen LogP contribution in [0.2, 0.25) is 0 Å². The van der Waals surface area contributed by atoms with Gasteiger partial charge < -0.3 is 0 Å². The SMILES string of the molecule is CCCc1ccc(-c2nc3sccn3c2C=O)cc1. The maximum absolute atomic E-state index is 11.3. The Morgan fingerprint density at radius 1 is 1.32 bits per heavy atom. The largest absolute Gasteiger partial charge is 0.296 e. The van der Waals surface area contributed by atoms with Crippen molar-refractivity contribution in [1.82, 2.24) is 9.38 Å². The standard InChI is InChI=1S/C15H14N2OS/c1-2-3-11-4-6-12(7-5-11)14-13(10-18)17-8-9-19-15(17)16-14/h4-10H,2-3H2,1H3. The van der Waals surface area contributed by atoms with Gasteiger partial charge in [0.05, 0.1) is 0 Å². The molecule has 2 heterocycles. The van der Waals surface area contributed by atoms with Crippen LogP contribution in [0.15, 0.2) is 35.8 Å². The van der Waals surface area contributed by atoms with Crippen LogP contribution >= 0.6 is 11.3 Å². The lowest BCUT2D eigenvalue weighted by molar-refractivity contribution is 0.111. The first kappa shape index (κ1) is 12.1. The number of aldehydes is 1. The molecule has 19 heavy (non-hydrogen) atoms. The van der Waals surface area contributed by atoms with Gasteiger partial charge in [0.2, 0.25) is 0 Å². The van der Waals surface area contributed by atoms with Crippen LogP contribution in [-0.4, -0.2) is 15.7 Å². The summed E-state index contributed by atoms with van der Waals surface area (Å²) in [5, 5.41) is 1.93. The van der Waals surface area contributed by atoms with E-state index in [0.29, 0.717) is 5.69 Å². The topological polar surface area (TPSA) is 34.4 Å². The molecule has 0 fully saturated rings. The van der Waals surface area contributed by atoms with Crippen LogP contribution in [0, 0.1) is 0 Å². The highest BCUT2D eigenvalue weighted by atomic mass is 32.1. The lowest BCUT2D eigenvalue weighted by Crippen LogP contribution is -1.90. The summed E-state index contributed by atoms with van der Waals surface area (Å²) in [6, 6.07) is 8.32. The summed E-state index contributed by atoms with van der Waals surface area (Å²) in [7, 11) is 0. The third-order valence-electron chi connectivity index (χ3n) is 3.18. The third-order valence-corrected chi connectivity index (χ3v) is 3.93. The Labute approximate surface area is 115 Å². The van der Waals surface area contributed by atoms with Crippen molar-refractivity contribution in [1.29, 1.82) is 0 Å². The highest BCUT2D eigenvalue weighted by molar-refractivity contribution is 7.15. The van der Waals surface area contributed by atoms with Gasteiger partial charge in [0.25, 0.3) is 0 Å². The van der Waals surface area contributed by atoms with Crippen molar-refractivity contribution in [2.24, 2.45) is 0 Å². The van der Waals surface area contributed by atoms with E-state index in [2.05, 4.69) is 24.0 Å². The molecule has 0 aliphatic carbocycles. The number of hydrogen-bond acceptors (Lipinski definition) is 3. The first-order chi connectivity index (χ1) is 9.33. The van der Waals surface area contributed by atoms with Gasteiger partial charge in [-0.05, 0) is 12.0 Å². The van der Waals surface area contributed by atoms with Gasteiger partial charge in [0.1, 0.15) is 11.4 Å². The van der Waals surface area contributed by atoms with Gasteiger partial charge in [-0.1, -0.05) is 37.6 Å². The Balaban J connectivity index is 2.07. The second-order valence-electron chi connectivity index (χ2n) is 4.47. The predicted octanol–water partition coefficient (Wildman–Crippen LogP) is 3.83. The van der Waals surface area contributed by atoms with E-state index in [4.69, 9.17) is 0 Å². The number of thiazole rings is 1. The monoisotopic (exact) mass is 270 g/mol. The van der Waals surface area contributed by atoms with Crippen molar-refractivity contribution < 1.29 is 4.79 Å². The average Bonchev–Trinajstić information content (AvgIpc) is 3.00. The Morgan fingerprint density at radius 3 is 2.79 bits per heavy atom. The summed E-state index contributed by atoms with van der Waals surface area (Å²) in [5.74, 6) is 0. The lowest BCUT2D eigenvalue weighted by atomic mass is 10.1. The highest BCUT2D eigenvalue weighted by Gasteiger charge is 2.13. The van der Waals surface area contributed by atoms with Crippen LogP contribution in [0.4, 0.5) is 0 Å². The number of nitrogens with zero attached hydrogens (tertiary/aromatic N) is 2. The van der Waals surface area contributed by atoms with Crippen LogP contribution in [0.3, 0.4) is 0 Å². The number of hydrogen-bond donors (Lipinski definition) is 0. The Hall–Kier alpha value is -1.94. The zero-order valence-electron chi connectivity index (χ0n) is 10.7. The summed E-state index contributed by atoms with van der Waals surface area (Å²) in [4.78, 5) is 16.7. The molecule has 0 saturated heterocycles. The Morgan fingerprint density at radius 2 is 2.11 bits per heavy atom.